The first kappa shape index (κ1) is 17.0. The fourth-order valence-corrected chi connectivity index (χ4v) is 4.98. The lowest BCUT2D eigenvalue weighted by molar-refractivity contribution is -0.118. The molecule has 0 radical (unpaired) electrons. The molecule has 5 nitrogen and oxygen atoms in total. The fourth-order valence-electron chi connectivity index (χ4n) is 1.99. The van der Waals surface area contributed by atoms with E-state index in [1.807, 2.05) is 0 Å². The largest absolute Gasteiger partial charge is 0.320 e. The van der Waals surface area contributed by atoms with Gasteiger partial charge >= 0.3 is 7.52 Å². The van der Waals surface area contributed by atoms with Crippen molar-refractivity contribution in [2.24, 2.45) is 0 Å². The summed E-state index contributed by atoms with van der Waals surface area (Å²) in [4.78, 5) is 11.2. The molecule has 1 amide bonds. The molecule has 0 bridgehead atoms. The van der Waals surface area contributed by atoms with Gasteiger partial charge < -0.3 is 9.84 Å². The predicted octanol–water partition coefficient (Wildman–Crippen LogP) is 3.44. The second kappa shape index (κ2) is 7.65. The standard InChI is InChI=1S/C11H19Cl2N2O3P/c1-3-18-19(17,15-7-5-4-6-8-15)11(10(12)13)14-9(2)16/h3-8H2,1-2H3,(H,14,16)/t19-/m0/s1. The van der Waals surface area contributed by atoms with Gasteiger partial charge in [0, 0.05) is 20.0 Å². The highest BCUT2D eigenvalue weighted by atomic mass is 35.5. The molecule has 0 aromatic carbocycles. The van der Waals surface area contributed by atoms with Crippen molar-refractivity contribution in [3.63, 3.8) is 0 Å². The third kappa shape index (κ3) is 4.47. The quantitative estimate of drug-likeness (QED) is 0.785. The molecule has 1 rings (SSSR count). The summed E-state index contributed by atoms with van der Waals surface area (Å²) < 4.78 is 20.0. The maximum atomic E-state index is 13.1. The Bertz CT molecular complexity index is 405. The van der Waals surface area contributed by atoms with Crippen molar-refractivity contribution >= 4 is 36.6 Å². The van der Waals surface area contributed by atoms with Crippen molar-refractivity contribution < 1.29 is 13.9 Å². The molecular formula is C11H19Cl2N2O3P. The molecular weight excluding hydrogens is 310 g/mol. The van der Waals surface area contributed by atoms with Crippen molar-refractivity contribution in [1.29, 1.82) is 0 Å². The zero-order valence-corrected chi connectivity index (χ0v) is 13.5. The Hall–Kier alpha value is -0.0600. The van der Waals surface area contributed by atoms with Gasteiger partial charge in [-0.3, -0.25) is 9.36 Å². The van der Waals surface area contributed by atoms with E-state index < -0.39 is 7.52 Å². The lowest BCUT2D eigenvalue weighted by atomic mass is 10.2. The highest BCUT2D eigenvalue weighted by Crippen LogP contribution is 2.59. The van der Waals surface area contributed by atoms with E-state index in [2.05, 4.69) is 5.32 Å². The van der Waals surface area contributed by atoms with Crippen LogP contribution >= 0.6 is 30.7 Å². The molecule has 19 heavy (non-hydrogen) atoms. The number of halogens is 2. The van der Waals surface area contributed by atoms with Gasteiger partial charge in [0.1, 0.15) is 9.93 Å². The van der Waals surface area contributed by atoms with Crippen LogP contribution in [0.15, 0.2) is 9.93 Å². The van der Waals surface area contributed by atoms with E-state index in [9.17, 15) is 9.36 Å². The molecule has 0 aromatic rings. The second-order valence-corrected chi connectivity index (χ2v) is 7.50. The molecule has 0 saturated carbocycles. The van der Waals surface area contributed by atoms with Crippen LogP contribution < -0.4 is 5.32 Å². The highest BCUT2D eigenvalue weighted by Gasteiger charge is 2.39. The van der Waals surface area contributed by atoms with Crippen molar-refractivity contribution in [3.8, 4) is 0 Å². The zero-order valence-electron chi connectivity index (χ0n) is 11.1. The minimum absolute atomic E-state index is 0.0212. The molecule has 0 aromatic heterocycles. The summed E-state index contributed by atoms with van der Waals surface area (Å²) in [5.74, 6) is -0.384. The lowest BCUT2D eigenvalue weighted by Crippen LogP contribution is -2.32. The Labute approximate surface area is 123 Å². The Balaban J connectivity index is 3.10. The summed E-state index contributed by atoms with van der Waals surface area (Å²) in [7, 11) is -3.40. The monoisotopic (exact) mass is 328 g/mol. The van der Waals surface area contributed by atoms with Crippen molar-refractivity contribution in [2.75, 3.05) is 19.7 Å². The van der Waals surface area contributed by atoms with Crippen LogP contribution in [0.1, 0.15) is 33.1 Å². The molecule has 1 aliphatic rings. The van der Waals surface area contributed by atoms with Gasteiger partial charge in [-0.15, -0.1) is 0 Å². The normalized spacial score (nSPS) is 19.6. The molecule has 0 aliphatic carbocycles. The highest BCUT2D eigenvalue weighted by molar-refractivity contribution is 7.61. The number of hydrogen-bond donors (Lipinski definition) is 1. The van der Waals surface area contributed by atoms with Crippen molar-refractivity contribution in [1.82, 2.24) is 9.99 Å². The number of piperidine rings is 1. The zero-order chi connectivity index (χ0) is 14.5. The summed E-state index contributed by atoms with van der Waals surface area (Å²) in [6.07, 6.45) is 2.96. The maximum absolute atomic E-state index is 13.1. The molecule has 1 heterocycles. The second-order valence-electron chi connectivity index (χ2n) is 4.24. The first-order chi connectivity index (χ1) is 8.91. The molecule has 8 heteroatoms. The van der Waals surface area contributed by atoms with Gasteiger partial charge in [-0.1, -0.05) is 29.6 Å². The Morgan fingerprint density at radius 1 is 1.32 bits per heavy atom. The molecule has 1 atom stereocenters. The molecule has 1 saturated heterocycles. The first-order valence-electron chi connectivity index (χ1n) is 6.25. The Morgan fingerprint density at radius 2 is 1.89 bits per heavy atom. The molecule has 1 fully saturated rings. The van der Waals surface area contributed by atoms with E-state index in [1.165, 1.54) is 6.92 Å². The van der Waals surface area contributed by atoms with Crippen LogP contribution in [0.2, 0.25) is 0 Å². The van der Waals surface area contributed by atoms with Crippen LogP contribution in [-0.2, 0) is 13.9 Å². The van der Waals surface area contributed by atoms with Crippen LogP contribution in [0.3, 0.4) is 0 Å². The summed E-state index contributed by atoms with van der Waals surface area (Å²) in [6, 6.07) is 0. The summed E-state index contributed by atoms with van der Waals surface area (Å²) in [5, 5.41) is 2.45. The van der Waals surface area contributed by atoms with Crippen molar-refractivity contribution in [2.45, 2.75) is 33.1 Å². The van der Waals surface area contributed by atoms with E-state index in [4.69, 9.17) is 27.7 Å². The van der Waals surface area contributed by atoms with Crippen LogP contribution in [0, 0.1) is 0 Å². The Morgan fingerprint density at radius 3 is 2.32 bits per heavy atom. The fraction of sp³-hybridized carbons (Fsp3) is 0.727. The third-order valence-electron chi connectivity index (χ3n) is 2.76. The van der Waals surface area contributed by atoms with E-state index in [0.717, 1.165) is 19.3 Å². The van der Waals surface area contributed by atoms with Gasteiger partial charge in [-0.05, 0) is 19.8 Å². The average Bonchev–Trinajstić information content (AvgIpc) is 2.36. The predicted molar refractivity (Wildman–Crippen MR) is 77.2 cm³/mol. The third-order valence-corrected chi connectivity index (χ3v) is 6.06. The minimum atomic E-state index is -3.40. The number of amides is 1. The van der Waals surface area contributed by atoms with Gasteiger partial charge in [0.15, 0.2) is 0 Å². The van der Waals surface area contributed by atoms with Crippen LogP contribution in [-0.4, -0.2) is 30.3 Å². The van der Waals surface area contributed by atoms with Gasteiger partial charge in [-0.25, -0.2) is 4.67 Å². The van der Waals surface area contributed by atoms with Gasteiger partial charge in [0.05, 0.1) is 6.61 Å². The topological polar surface area (TPSA) is 58.6 Å². The summed E-state index contributed by atoms with van der Waals surface area (Å²) in [6.45, 7) is 4.58. The van der Waals surface area contributed by atoms with E-state index in [1.54, 1.807) is 11.6 Å². The Kier molecular flexibility index (Phi) is 6.84. The van der Waals surface area contributed by atoms with Crippen LogP contribution in [0.4, 0.5) is 0 Å². The van der Waals surface area contributed by atoms with E-state index in [-0.39, 0.29) is 22.4 Å². The molecule has 1 N–H and O–H groups in total. The van der Waals surface area contributed by atoms with Crippen LogP contribution in [0.25, 0.3) is 0 Å². The van der Waals surface area contributed by atoms with Crippen molar-refractivity contribution in [3.05, 3.63) is 9.93 Å². The molecule has 0 spiro atoms. The maximum Gasteiger partial charge on any atom is 0.320 e. The number of hydrogen-bond acceptors (Lipinski definition) is 3. The SMILES string of the molecule is CCO[P@@](=O)(C(NC(C)=O)=C(Cl)Cl)N1CCCCC1. The summed E-state index contributed by atoms with van der Waals surface area (Å²) in [5.41, 5.74) is -0.0212. The van der Waals surface area contributed by atoms with Gasteiger partial charge in [-0.2, -0.15) is 0 Å². The number of nitrogens with one attached hydrogen (secondary N) is 1. The molecule has 1 aliphatic heterocycles. The minimum Gasteiger partial charge on any atom is -0.318 e. The lowest BCUT2D eigenvalue weighted by Gasteiger charge is -2.34. The first-order valence-corrected chi connectivity index (χ1v) is 8.58. The average molecular weight is 329 g/mol. The number of carbonyl (C=O) groups is 1. The van der Waals surface area contributed by atoms with Gasteiger partial charge in [0.25, 0.3) is 0 Å². The number of nitrogens with zero attached hydrogens (tertiary/aromatic N) is 1. The van der Waals surface area contributed by atoms with E-state index >= 15 is 0 Å². The smallest absolute Gasteiger partial charge is 0.318 e. The molecule has 110 valence electrons. The molecule has 0 unspecified atom stereocenters. The number of carbonyl (C=O) groups excluding carboxylic acids is 1. The van der Waals surface area contributed by atoms with Crippen LogP contribution in [0.5, 0.6) is 0 Å². The summed E-state index contributed by atoms with van der Waals surface area (Å²) >= 11 is 11.6. The van der Waals surface area contributed by atoms with Gasteiger partial charge in [0.2, 0.25) is 5.91 Å². The van der Waals surface area contributed by atoms with E-state index in [0.29, 0.717) is 13.1 Å². The number of rotatable bonds is 5.